The first-order valence-electron chi connectivity index (χ1n) is 3.42. The van der Waals surface area contributed by atoms with Crippen molar-refractivity contribution in [2.24, 2.45) is 5.73 Å². The van der Waals surface area contributed by atoms with E-state index in [-0.39, 0.29) is 5.88 Å². The van der Waals surface area contributed by atoms with Gasteiger partial charge < -0.3 is 15.8 Å². The fourth-order valence-electron chi connectivity index (χ4n) is 0.170. The van der Waals surface area contributed by atoms with Crippen molar-refractivity contribution in [2.45, 2.75) is 20.3 Å². The monoisotopic (exact) mass is 160 g/mol. The molecule has 0 rings (SSSR count). The minimum Gasteiger partial charge on any atom is -0.395 e. The minimum absolute atomic E-state index is 0.107. The van der Waals surface area contributed by atoms with Crippen LogP contribution in [0.2, 0.25) is 0 Å². The lowest BCUT2D eigenvalue weighted by Gasteiger charge is -1.98. The van der Waals surface area contributed by atoms with E-state index < -0.39 is 6.09 Å². The Morgan fingerprint density at radius 3 is 2.09 bits per heavy atom. The summed E-state index contributed by atoms with van der Waals surface area (Å²) in [7, 11) is 1.44. The Morgan fingerprint density at radius 2 is 2.00 bits per heavy atom. The van der Waals surface area contributed by atoms with Gasteiger partial charge in [-0.15, -0.1) is 0 Å². The van der Waals surface area contributed by atoms with E-state index in [2.05, 4.69) is 30.5 Å². The second kappa shape index (κ2) is 8.81. The van der Waals surface area contributed by atoms with Gasteiger partial charge in [0.15, 0.2) is 5.88 Å². The number of amides is 1. The van der Waals surface area contributed by atoms with Crippen LogP contribution in [0.15, 0.2) is 12.5 Å². The fourth-order valence-corrected chi connectivity index (χ4v) is 0.170. The third kappa shape index (κ3) is 17.7. The van der Waals surface area contributed by atoms with Crippen molar-refractivity contribution in [3.63, 3.8) is 0 Å². The molecule has 0 aromatic rings. The highest BCUT2D eigenvalue weighted by molar-refractivity contribution is 5.67. The molecule has 0 heterocycles. The first-order chi connectivity index (χ1) is 5.08. The molecular formula is C7H16N2O2. The molecule has 0 radical (unpaired) electrons. The number of nitrogens with one attached hydrogen (secondary N) is 1. The van der Waals surface area contributed by atoms with Crippen LogP contribution >= 0.6 is 0 Å². The molecule has 11 heavy (non-hydrogen) atoms. The molecule has 1 amide bonds. The van der Waals surface area contributed by atoms with E-state index in [1.807, 2.05) is 0 Å². The molecule has 66 valence electrons. The number of hydrogen-bond donors (Lipinski definition) is 2. The van der Waals surface area contributed by atoms with E-state index >= 15 is 0 Å². The highest BCUT2D eigenvalue weighted by atomic mass is 16.6. The summed E-state index contributed by atoms with van der Waals surface area (Å²) in [5.74, 6) is -0.107. The maximum Gasteiger partial charge on any atom is 0.413 e. The summed E-state index contributed by atoms with van der Waals surface area (Å²) >= 11 is 0. The number of carbonyl (C=O) groups is 1. The molecular weight excluding hydrogens is 144 g/mol. The van der Waals surface area contributed by atoms with Gasteiger partial charge in [-0.05, 0) is 6.58 Å². The molecule has 0 aliphatic rings. The Hall–Kier alpha value is -1.19. The van der Waals surface area contributed by atoms with Gasteiger partial charge in [0.05, 0.1) is 0 Å². The van der Waals surface area contributed by atoms with Crippen molar-refractivity contribution in [2.75, 3.05) is 7.05 Å². The largest absolute Gasteiger partial charge is 0.413 e. The first-order valence-corrected chi connectivity index (χ1v) is 3.42. The molecule has 0 aliphatic heterocycles. The molecule has 0 spiro atoms. The van der Waals surface area contributed by atoms with E-state index in [0.29, 0.717) is 0 Å². The first kappa shape index (κ1) is 12.5. The Bertz CT molecular complexity index is 124. The zero-order valence-corrected chi connectivity index (χ0v) is 7.31. The quantitative estimate of drug-likeness (QED) is 0.566. The van der Waals surface area contributed by atoms with E-state index in [0.717, 1.165) is 0 Å². The molecule has 4 heteroatoms. The van der Waals surface area contributed by atoms with Crippen molar-refractivity contribution < 1.29 is 9.53 Å². The molecule has 0 unspecified atom stereocenters. The second-order valence-electron chi connectivity index (χ2n) is 1.81. The van der Waals surface area contributed by atoms with Crippen molar-refractivity contribution in [3.05, 3.63) is 12.5 Å². The van der Waals surface area contributed by atoms with E-state index in [9.17, 15) is 4.79 Å². The lowest BCUT2D eigenvalue weighted by atomic mass is 10.6. The topological polar surface area (TPSA) is 64.3 Å². The average Bonchev–Trinajstić information content (AvgIpc) is 1.88. The van der Waals surface area contributed by atoms with Gasteiger partial charge in [-0.2, -0.15) is 0 Å². The summed E-state index contributed by atoms with van der Waals surface area (Å²) in [6.45, 7) is 7.39. The summed E-state index contributed by atoms with van der Waals surface area (Å²) in [5, 5.41) is 2.19. The Kier molecular flexibility index (Phi) is 10.00. The molecule has 0 atom stereocenters. The summed E-state index contributed by atoms with van der Waals surface area (Å²) in [4.78, 5) is 10.1. The average molecular weight is 160 g/mol. The highest BCUT2D eigenvalue weighted by Gasteiger charge is 1.94. The van der Waals surface area contributed by atoms with Gasteiger partial charge >= 0.3 is 6.09 Å². The Labute approximate surface area is 67.4 Å². The molecule has 4 nitrogen and oxygen atoms in total. The number of carbonyl (C=O) groups excluding carboxylic acids is 1. The van der Waals surface area contributed by atoms with E-state index in [1.54, 1.807) is 0 Å². The molecule has 0 fully saturated rings. The normalized spacial score (nSPS) is 7.18. The molecule has 0 bridgehead atoms. The molecule has 0 aliphatic carbocycles. The molecule has 0 saturated carbocycles. The lowest BCUT2D eigenvalue weighted by Crippen LogP contribution is -2.20. The van der Waals surface area contributed by atoms with Crippen LogP contribution in [-0.2, 0) is 4.74 Å². The number of rotatable bonds is 1. The second-order valence-corrected chi connectivity index (χ2v) is 1.81. The van der Waals surface area contributed by atoms with Crippen molar-refractivity contribution in [1.29, 1.82) is 0 Å². The van der Waals surface area contributed by atoms with Crippen LogP contribution in [-0.4, -0.2) is 13.1 Å². The molecule has 0 saturated heterocycles. The zero-order chi connectivity index (χ0) is 9.28. The fraction of sp³-hybridized carbons (Fsp3) is 0.571. The van der Waals surface area contributed by atoms with Crippen LogP contribution < -0.4 is 11.1 Å². The lowest BCUT2D eigenvalue weighted by molar-refractivity contribution is 0.178. The Morgan fingerprint density at radius 1 is 1.64 bits per heavy atom. The number of hydrogen-bond acceptors (Lipinski definition) is 3. The number of alkyl carbamates (subject to hydrolysis) is 1. The highest BCUT2D eigenvalue weighted by Crippen LogP contribution is 1.80. The predicted octanol–water partition coefficient (Wildman–Crippen LogP) is 1.19. The van der Waals surface area contributed by atoms with Gasteiger partial charge in [-0.25, -0.2) is 4.79 Å². The standard InChI is InChI=1S/C4H8N2O2.C3H8/c1-3(5)8-4(7)6-2;1-3-2/h1,5H2,2H3,(H,6,7);3H2,1-2H3. The maximum absolute atomic E-state index is 10.1. The summed E-state index contributed by atoms with van der Waals surface area (Å²) in [6.07, 6.45) is 0.650. The van der Waals surface area contributed by atoms with Gasteiger partial charge in [-0.1, -0.05) is 20.3 Å². The van der Waals surface area contributed by atoms with Gasteiger partial charge in [0, 0.05) is 7.05 Å². The molecule has 0 aromatic carbocycles. The van der Waals surface area contributed by atoms with Crippen LogP contribution in [0.4, 0.5) is 4.79 Å². The zero-order valence-electron chi connectivity index (χ0n) is 7.31. The van der Waals surface area contributed by atoms with Crippen molar-refractivity contribution in [1.82, 2.24) is 5.32 Å². The molecule has 3 N–H and O–H groups in total. The van der Waals surface area contributed by atoms with Crippen molar-refractivity contribution >= 4 is 6.09 Å². The minimum atomic E-state index is -0.600. The van der Waals surface area contributed by atoms with Gasteiger partial charge in [0.1, 0.15) is 0 Å². The number of nitrogens with two attached hydrogens (primary N) is 1. The third-order valence-electron chi connectivity index (χ3n) is 0.428. The van der Waals surface area contributed by atoms with Gasteiger partial charge in [-0.3, -0.25) is 0 Å². The smallest absolute Gasteiger partial charge is 0.395 e. The SMILES string of the molecule is C=C(N)OC(=O)NC.CCC. The van der Waals surface area contributed by atoms with Crippen LogP contribution in [0, 0.1) is 0 Å². The van der Waals surface area contributed by atoms with Crippen LogP contribution in [0.3, 0.4) is 0 Å². The van der Waals surface area contributed by atoms with Crippen LogP contribution in [0.25, 0.3) is 0 Å². The third-order valence-corrected chi connectivity index (χ3v) is 0.428. The molecule has 0 aromatic heterocycles. The summed E-state index contributed by atoms with van der Waals surface area (Å²) in [6, 6.07) is 0. The van der Waals surface area contributed by atoms with Crippen molar-refractivity contribution in [3.8, 4) is 0 Å². The maximum atomic E-state index is 10.1. The van der Waals surface area contributed by atoms with E-state index in [4.69, 9.17) is 5.73 Å². The van der Waals surface area contributed by atoms with Crippen LogP contribution in [0.1, 0.15) is 20.3 Å². The number of ether oxygens (including phenoxy) is 1. The Balaban J connectivity index is 0. The van der Waals surface area contributed by atoms with E-state index in [1.165, 1.54) is 13.5 Å². The van der Waals surface area contributed by atoms with Gasteiger partial charge in [0.2, 0.25) is 0 Å². The van der Waals surface area contributed by atoms with Gasteiger partial charge in [0.25, 0.3) is 0 Å². The summed E-state index contributed by atoms with van der Waals surface area (Å²) < 4.78 is 4.23. The van der Waals surface area contributed by atoms with Crippen LogP contribution in [0.5, 0.6) is 0 Å². The summed E-state index contributed by atoms with van der Waals surface area (Å²) in [5.41, 5.74) is 4.89. The predicted molar refractivity (Wildman–Crippen MR) is 44.8 cm³/mol.